The lowest BCUT2D eigenvalue weighted by atomic mass is 10.2. The van der Waals surface area contributed by atoms with Gasteiger partial charge in [0, 0.05) is 20.2 Å². The van der Waals surface area contributed by atoms with Crippen LogP contribution in [0.1, 0.15) is 6.42 Å². The van der Waals surface area contributed by atoms with E-state index in [4.69, 9.17) is 14.6 Å². The van der Waals surface area contributed by atoms with Gasteiger partial charge in [0.05, 0.1) is 19.6 Å². The van der Waals surface area contributed by atoms with Crippen LogP contribution in [-0.2, 0) is 19.1 Å². The van der Waals surface area contributed by atoms with E-state index in [1.54, 1.807) is 4.90 Å². The minimum absolute atomic E-state index is 0.275. The van der Waals surface area contributed by atoms with Crippen LogP contribution in [-0.4, -0.2) is 61.4 Å². The van der Waals surface area contributed by atoms with E-state index in [-0.39, 0.29) is 12.3 Å². The second-order valence-electron chi connectivity index (χ2n) is 3.26. The Morgan fingerprint density at radius 2 is 2.07 bits per heavy atom. The zero-order valence-electron chi connectivity index (χ0n) is 8.64. The van der Waals surface area contributed by atoms with Crippen LogP contribution in [0, 0.1) is 0 Å². The van der Waals surface area contributed by atoms with Gasteiger partial charge in [0.1, 0.15) is 6.10 Å². The summed E-state index contributed by atoms with van der Waals surface area (Å²) in [6, 6.07) is 0. The van der Waals surface area contributed by atoms with Gasteiger partial charge in [-0.25, -0.2) is 0 Å². The largest absolute Gasteiger partial charge is 0.481 e. The van der Waals surface area contributed by atoms with E-state index in [0.717, 1.165) is 0 Å². The Hall–Kier alpha value is -1.14. The van der Waals surface area contributed by atoms with E-state index in [1.165, 1.54) is 7.11 Å². The maximum atomic E-state index is 11.7. The van der Waals surface area contributed by atoms with Gasteiger partial charge >= 0.3 is 5.97 Å². The van der Waals surface area contributed by atoms with Crippen molar-refractivity contribution in [3.8, 4) is 0 Å². The number of hydrogen-bond acceptors (Lipinski definition) is 4. The summed E-state index contributed by atoms with van der Waals surface area (Å²) in [5, 5.41) is 8.59. The third kappa shape index (κ3) is 3.49. The van der Waals surface area contributed by atoms with Crippen molar-refractivity contribution >= 4 is 11.9 Å². The van der Waals surface area contributed by atoms with Gasteiger partial charge in [0.15, 0.2) is 0 Å². The summed E-state index contributed by atoms with van der Waals surface area (Å²) in [4.78, 5) is 23.8. The van der Waals surface area contributed by atoms with Crippen LogP contribution < -0.4 is 0 Å². The van der Waals surface area contributed by atoms with E-state index in [9.17, 15) is 9.59 Å². The van der Waals surface area contributed by atoms with Gasteiger partial charge in [-0.3, -0.25) is 9.59 Å². The molecule has 1 aliphatic heterocycles. The highest BCUT2D eigenvalue weighted by atomic mass is 16.5. The van der Waals surface area contributed by atoms with Gasteiger partial charge in [-0.1, -0.05) is 0 Å². The number of aliphatic carboxylic acids is 1. The average molecular weight is 217 g/mol. The summed E-state index contributed by atoms with van der Waals surface area (Å²) in [5.41, 5.74) is 0. The van der Waals surface area contributed by atoms with E-state index < -0.39 is 12.1 Å². The summed E-state index contributed by atoms with van der Waals surface area (Å²) in [6.45, 7) is 1.99. The Kier molecular flexibility index (Phi) is 4.51. The number of methoxy groups -OCH3 is 1. The standard InChI is InChI=1S/C9H15NO5/c1-14-7(6-8(11)12)9(13)10-2-4-15-5-3-10/h7H,2-6H2,1H3,(H,11,12)/t7-/m1/s1. The van der Waals surface area contributed by atoms with E-state index in [2.05, 4.69) is 0 Å². The van der Waals surface area contributed by atoms with Crippen molar-refractivity contribution in [2.24, 2.45) is 0 Å². The molecule has 6 nitrogen and oxygen atoms in total. The number of carbonyl (C=O) groups is 2. The molecular weight excluding hydrogens is 202 g/mol. The van der Waals surface area contributed by atoms with Crippen molar-refractivity contribution in [1.29, 1.82) is 0 Å². The number of carbonyl (C=O) groups excluding carboxylic acids is 1. The van der Waals surface area contributed by atoms with Crippen LogP contribution in [0.3, 0.4) is 0 Å². The van der Waals surface area contributed by atoms with Gasteiger partial charge < -0.3 is 19.5 Å². The molecule has 0 unspecified atom stereocenters. The zero-order valence-corrected chi connectivity index (χ0v) is 8.64. The number of amides is 1. The van der Waals surface area contributed by atoms with Crippen LogP contribution >= 0.6 is 0 Å². The summed E-state index contributed by atoms with van der Waals surface area (Å²) >= 11 is 0. The molecule has 0 saturated carbocycles. The fraction of sp³-hybridized carbons (Fsp3) is 0.778. The molecule has 1 N–H and O–H groups in total. The molecule has 86 valence electrons. The molecule has 1 aliphatic rings. The van der Waals surface area contributed by atoms with Crippen LogP contribution in [0.25, 0.3) is 0 Å². The molecule has 15 heavy (non-hydrogen) atoms. The highest BCUT2D eigenvalue weighted by Crippen LogP contribution is 2.06. The molecule has 0 aromatic heterocycles. The fourth-order valence-electron chi connectivity index (χ4n) is 1.42. The van der Waals surface area contributed by atoms with Gasteiger partial charge in [0.25, 0.3) is 5.91 Å². The summed E-state index contributed by atoms with van der Waals surface area (Å²) < 4.78 is 9.96. The molecule has 1 rings (SSSR count). The van der Waals surface area contributed by atoms with Crippen LogP contribution in [0.2, 0.25) is 0 Å². The van der Waals surface area contributed by atoms with Crippen molar-refractivity contribution < 1.29 is 24.2 Å². The predicted molar refractivity (Wildman–Crippen MR) is 50.4 cm³/mol. The van der Waals surface area contributed by atoms with Crippen LogP contribution in [0.15, 0.2) is 0 Å². The molecule has 0 bridgehead atoms. The normalized spacial score (nSPS) is 18.6. The molecule has 0 aliphatic carbocycles. The van der Waals surface area contributed by atoms with Gasteiger partial charge in [-0.05, 0) is 0 Å². The van der Waals surface area contributed by atoms with Crippen molar-refractivity contribution in [2.75, 3.05) is 33.4 Å². The monoisotopic (exact) mass is 217 g/mol. The molecule has 0 aromatic carbocycles. The molecule has 0 spiro atoms. The Morgan fingerprint density at radius 1 is 1.47 bits per heavy atom. The lowest BCUT2D eigenvalue weighted by molar-refractivity contribution is -0.152. The summed E-state index contributed by atoms with van der Waals surface area (Å²) in [6.07, 6.45) is -1.19. The minimum atomic E-state index is -1.04. The number of ether oxygens (including phenoxy) is 2. The van der Waals surface area contributed by atoms with Crippen molar-refractivity contribution in [1.82, 2.24) is 4.90 Å². The first-order chi connectivity index (χ1) is 7.15. The predicted octanol–water partition coefficient (Wildman–Crippen LogP) is -0.665. The van der Waals surface area contributed by atoms with Gasteiger partial charge in [-0.2, -0.15) is 0 Å². The molecular formula is C9H15NO5. The van der Waals surface area contributed by atoms with Gasteiger partial charge in [0.2, 0.25) is 0 Å². The molecule has 6 heteroatoms. The van der Waals surface area contributed by atoms with Gasteiger partial charge in [-0.15, -0.1) is 0 Å². The Balaban J connectivity index is 2.50. The topological polar surface area (TPSA) is 76.1 Å². The molecule has 1 fully saturated rings. The zero-order chi connectivity index (χ0) is 11.3. The molecule has 1 atom stereocenters. The quantitative estimate of drug-likeness (QED) is 0.676. The van der Waals surface area contributed by atoms with Crippen molar-refractivity contribution in [3.05, 3.63) is 0 Å². The average Bonchev–Trinajstić information content (AvgIpc) is 2.26. The SMILES string of the molecule is CO[C@H](CC(=O)O)C(=O)N1CCOCC1. The second kappa shape index (κ2) is 5.67. The number of carboxylic acid groups (broad SMARTS) is 1. The molecule has 1 amide bonds. The van der Waals surface area contributed by atoms with E-state index in [1.807, 2.05) is 0 Å². The number of carboxylic acids is 1. The van der Waals surface area contributed by atoms with E-state index in [0.29, 0.717) is 26.3 Å². The third-order valence-corrected chi connectivity index (χ3v) is 2.24. The maximum absolute atomic E-state index is 11.7. The number of nitrogens with zero attached hydrogens (tertiary/aromatic N) is 1. The first kappa shape index (κ1) is 11.9. The molecule has 1 heterocycles. The Morgan fingerprint density at radius 3 is 2.53 bits per heavy atom. The highest BCUT2D eigenvalue weighted by Gasteiger charge is 2.27. The minimum Gasteiger partial charge on any atom is -0.481 e. The number of morpholine rings is 1. The summed E-state index contributed by atoms with van der Waals surface area (Å²) in [7, 11) is 1.34. The summed E-state index contributed by atoms with van der Waals surface area (Å²) in [5.74, 6) is -1.31. The highest BCUT2D eigenvalue weighted by molar-refractivity contribution is 5.85. The Labute approximate surface area is 87.8 Å². The number of hydrogen-bond donors (Lipinski definition) is 1. The second-order valence-corrected chi connectivity index (χ2v) is 3.26. The molecule has 1 saturated heterocycles. The van der Waals surface area contributed by atoms with E-state index >= 15 is 0 Å². The first-order valence-corrected chi connectivity index (χ1v) is 4.76. The molecule has 0 aromatic rings. The molecule has 0 radical (unpaired) electrons. The lowest BCUT2D eigenvalue weighted by Gasteiger charge is -2.29. The van der Waals surface area contributed by atoms with Crippen molar-refractivity contribution in [3.63, 3.8) is 0 Å². The van der Waals surface area contributed by atoms with Crippen LogP contribution in [0.5, 0.6) is 0 Å². The smallest absolute Gasteiger partial charge is 0.306 e. The Bertz CT molecular complexity index is 237. The number of rotatable bonds is 4. The fourth-order valence-corrected chi connectivity index (χ4v) is 1.42. The lowest BCUT2D eigenvalue weighted by Crippen LogP contribution is -2.46. The van der Waals surface area contributed by atoms with Crippen LogP contribution in [0.4, 0.5) is 0 Å². The van der Waals surface area contributed by atoms with Crippen molar-refractivity contribution in [2.45, 2.75) is 12.5 Å². The maximum Gasteiger partial charge on any atom is 0.306 e. The first-order valence-electron chi connectivity index (χ1n) is 4.76. The third-order valence-electron chi connectivity index (χ3n) is 2.24.